The summed E-state index contributed by atoms with van der Waals surface area (Å²) in [6.45, 7) is 6.07. The maximum absolute atomic E-state index is 13.0. The molecule has 2 aromatic heterocycles. The van der Waals surface area contributed by atoms with Gasteiger partial charge in [0.25, 0.3) is 11.8 Å². The molecule has 2 saturated heterocycles. The molecule has 0 spiro atoms. The van der Waals surface area contributed by atoms with Crippen molar-refractivity contribution in [3.8, 4) is 0 Å². The minimum Gasteiger partial charge on any atom is -0.379 e. The van der Waals surface area contributed by atoms with Crippen LogP contribution in [0.3, 0.4) is 0 Å². The van der Waals surface area contributed by atoms with E-state index in [1.807, 2.05) is 23.1 Å². The Kier molecular flexibility index (Phi) is 5.87. The van der Waals surface area contributed by atoms with Crippen LogP contribution in [-0.2, 0) is 4.74 Å². The summed E-state index contributed by atoms with van der Waals surface area (Å²) in [7, 11) is 0. The number of hydrogen-bond donors (Lipinski definition) is 1. The molecule has 28 heavy (non-hydrogen) atoms. The van der Waals surface area contributed by atoms with Crippen LogP contribution in [0.15, 0.2) is 24.4 Å². The molecule has 2 fully saturated rings. The number of pyridine rings is 1. The van der Waals surface area contributed by atoms with Crippen LogP contribution in [0.2, 0.25) is 0 Å². The highest BCUT2D eigenvalue weighted by Crippen LogP contribution is 2.17. The quantitative estimate of drug-likeness (QED) is 0.831. The maximum atomic E-state index is 13.0. The molecule has 0 saturated carbocycles. The second kappa shape index (κ2) is 8.70. The second-order valence-electron chi connectivity index (χ2n) is 7.30. The standard InChI is InChI=1S/C20H27N5O3/c26-19(21-7-11-23-12-14-28-15-13-23)17-16-6-2-5-10-25(16)18(22-17)20(27)24-8-3-1-4-9-24/h2,5-6,10H,1,3-4,7-9,11-15H2,(H,21,26). The molecule has 4 rings (SSSR count). The average Bonchev–Trinajstić information content (AvgIpc) is 3.14. The number of piperidine rings is 1. The molecular weight excluding hydrogens is 358 g/mol. The Morgan fingerprint density at radius 3 is 2.64 bits per heavy atom. The van der Waals surface area contributed by atoms with Crippen LogP contribution in [0.4, 0.5) is 0 Å². The maximum Gasteiger partial charge on any atom is 0.290 e. The molecule has 0 unspecified atom stereocenters. The van der Waals surface area contributed by atoms with Crippen molar-refractivity contribution in [2.75, 3.05) is 52.5 Å². The van der Waals surface area contributed by atoms with Crippen molar-refractivity contribution < 1.29 is 14.3 Å². The van der Waals surface area contributed by atoms with E-state index in [0.717, 1.165) is 65.2 Å². The van der Waals surface area contributed by atoms with Crippen LogP contribution in [0.25, 0.3) is 5.52 Å². The first-order valence-corrected chi connectivity index (χ1v) is 10.1. The average molecular weight is 385 g/mol. The van der Waals surface area contributed by atoms with Crippen molar-refractivity contribution in [1.82, 2.24) is 24.5 Å². The molecule has 4 heterocycles. The number of carbonyl (C=O) groups is 2. The van der Waals surface area contributed by atoms with Gasteiger partial charge < -0.3 is 15.0 Å². The number of fused-ring (bicyclic) bond motifs is 1. The molecule has 0 bridgehead atoms. The summed E-state index contributed by atoms with van der Waals surface area (Å²) in [6, 6.07) is 5.54. The lowest BCUT2D eigenvalue weighted by Gasteiger charge is -2.26. The van der Waals surface area contributed by atoms with Gasteiger partial charge in [-0.1, -0.05) is 6.07 Å². The molecule has 8 nitrogen and oxygen atoms in total. The summed E-state index contributed by atoms with van der Waals surface area (Å²) >= 11 is 0. The molecule has 1 N–H and O–H groups in total. The molecular formula is C20H27N5O3. The highest BCUT2D eigenvalue weighted by atomic mass is 16.5. The van der Waals surface area contributed by atoms with Gasteiger partial charge in [-0.2, -0.15) is 0 Å². The normalized spacial score (nSPS) is 18.4. The lowest BCUT2D eigenvalue weighted by atomic mass is 10.1. The number of hydrogen-bond acceptors (Lipinski definition) is 5. The smallest absolute Gasteiger partial charge is 0.290 e. The van der Waals surface area contributed by atoms with Gasteiger partial charge in [0.05, 0.1) is 18.7 Å². The summed E-state index contributed by atoms with van der Waals surface area (Å²) in [5.41, 5.74) is 0.967. The molecule has 2 aromatic rings. The van der Waals surface area contributed by atoms with Crippen LogP contribution in [0.5, 0.6) is 0 Å². The van der Waals surface area contributed by atoms with E-state index in [2.05, 4.69) is 15.2 Å². The molecule has 0 radical (unpaired) electrons. The zero-order chi connectivity index (χ0) is 19.3. The SMILES string of the molecule is O=C(NCCN1CCOCC1)c1nc(C(=O)N2CCCCC2)n2ccccc12. The van der Waals surface area contributed by atoms with Gasteiger partial charge in [-0.05, 0) is 31.4 Å². The number of amides is 2. The van der Waals surface area contributed by atoms with Gasteiger partial charge in [0.15, 0.2) is 5.69 Å². The first kappa shape index (κ1) is 18.9. The van der Waals surface area contributed by atoms with Crippen LogP contribution in [0.1, 0.15) is 40.4 Å². The number of nitrogens with one attached hydrogen (secondary N) is 1. The molecule has 0 atom stereocenters. The highest BCUT2D eigenvalue weighted by Gasteiger charge is 2.26. The first-order chi connectivity index (χ1) is 13.7. The lowest BCUT2D eigenvalue weighted by Crippen LogP contribution is -2.41. The van der Waals surface area contributed by atoms with Gasteiger partial charge in [-0.25, -0.2) is 4.98 Å². The third-order valence-corrected chi connectivity index (χ3v) is 5.42. The number of nitrogens with zero attached hydrogens (tertiary/aromatic N) is 4. The number of morpholine rings is 1. The summed E-state index contributed by atoms with van der Waals surface area (Å²) in [5.74, 6) is -0.0289. The van der Waals surface area contributed by atoms with E-state index in [1.165, 1.54) is 0 Å². The van der Waals surface area contributed by atoms with Gasteiger partial charge in [0, 0.05) is 45.5 Å². The van der Waals surface area contributed by atoms with Crippen molar-refractivity contribution in [2.24, 2.45) is 0 Å². The summed E-state index contributed by atoms with van der Waals surface area (Å²) in [5, 5.41) is 2.95. The van der Waals surface area contributed by atoms with Gasteiger partial charge in [-0.15, -0.1) is 0 Å². The van der Waals surface area contributed by atoms with E-state index in [4.69, 9.17) is 4.74 Å². The molecule has 2 aliphatic rings. The number of rotatable bonds is 5. The zero-order valence-electron chi connectivity index (χ0n) is 16.1. The Labute approximate surface area is 164 Å². The Balaban J connectivity index is 1.48. The predicted octanol–water partition coefficient (Wildman–Crippen LogP) is 1.02. The number of aromatic nitrogens is 2. The third-order valence-electron chi connectivity index (χ3n) is 5.42. The van der Waals surface area contributed by atoms with E-state index in [-0.39, 0.29) is 11.8 Å². The minimum atomic E-state index is -0.241. The van der Waals surface area contributed by atoms with Crippen molar-refractivity contribution in [3.05, 3.63) is 35.9 Å². The van der Waals surface area contributed by atoms with Crippen molar-refractivity contribution in [2.45, 2.75) is 19.3 Å². The molecule has 2 aliphatic heterocycles. The Morgan fingerprint density at radius 2 is 1.86 bits per heavy atom. The Morgan fingerprint density at radius 1 is 1.07 bits per heavy atom. The van der Waals surface area contributed by atoms with E-state index in [1.54, 1.807) is 10.6 Å². The van der Waals surface area contributed by atoms with Gasteiger partial charge in [0.1, 0.15) is 0 Å². The Bertz CT molecular complexity index is 837. The molecule has 0 aliphatic carbocycles. The number of ether oxygens (including phenoxy) is 1. The van der Waals surface area contributed by atoms with Crippen molar-refractivity contribution in [3.63, 3.8) is 0 Å². The van der Waals surface area contributed by atoms with Gasteiger partial charge >= 0.3 is 0 Å². The number of imidazole rings is 1. The number of carbonyl (C=O) groups excluding carboxylic acids is 2. The van der Waals surface area contributed by atoms with Crippen LogP contribution in [0, 0.1) is 0 Å². The first-order valence-electron chi connectivity index (χ1n) is 10.1. The lowest BCUT2D eigenvalue weighted by molar-refractivity contribution is 0.0383. The predicted molar refractivity (Wildman–Crippen MR) is 105 cm³/mol. The summed E-state index contributed by atoms with van der Waals surface area (Å²) < 4.78 is 7.07. The molecule has 2 amide bonds. The fraction of sp³-hybridized carbons (Fsp3) is 0.550. The molecule has 0 aromatic carbocycles. The van der Waals surface area contributed by atoms with Crippen molar-refractivity contribution in [1.29, 1.82) is 0 Å². The van der Waals surface area contributed by atoms with Crippen molar-refractivity contribution >= 4 is 17.3 Å². The van der Waals surface area contributed by atoms with Crippen LogP contribution in [-0.4, -0.2) is 83.5 Å². The monoisotopic (exact) mass is 385 g/mol. The fourth-order valence-corrected chi connectivity index (χ4v) is 3.83. The van der Waals surface area contributed by atoms with E-state index >= 15 is 0 Å². The Hall–Kier alpha value is -2.45. The third kappa shape index (κ3) is 4.02. The van der Waals surface area contributed by atoms with Gasteiger partial charge in [-0.3, -0.25) is 18.9 Å². The highest BCUT2D eigenvalue weighted by molar-refractivity contribution is 6.02. The molecule has 8 heteroatoms. The molecule has 150 valence electrons. The van der Waals surface area contributed by atoms with E-state index in [9.17, 15) is 9.59 Å². The second-order valence-corrected chi connectivity index (χ2v) is 7.30. The van der Waals surface area contributed by atoms with E-state index < -0.39 is 0 Å². The summed E-state index contributed by atoms with van der Waals surface area (Å²) in [4.78, 5) is 34.3. The minimum absolute atomic E-state index is 0.103. The van der Waals surface area contributed by atoms with Crippen LogP contribution >= 0.6 is 0 Å². The summed E-state index contributed by atoms with van der Waals surface area (Å²) in [6.07, 6.45) is 4.99. The topological polar surface area (TPSA) is 79.2 Å². The fourth-order valence-electron chi connectivity index (χ4n) is 3.83. The largest absolute Gasteiger partial charge is 0.379 e. The zero-order valence-corrected chi connectivity index (χ0v) is 16.1. The van der Waals surface area contributed by atoms with Crippen LogP contribution < -0.4 is 5.32 Å². The van der Waals surface area contributed by atoms with Gasteiger partial charge in [0.2, 0.25) is 5.82 Å². The number of likely N-dealkylation sites (tertiary alicyclic amines) is 1. The van der Waals surface area contributed by atoms with E-state index in [0.29, 0.717) is 23.6 Å².